The molecule has 2 rings (SSSR count). The first-order chi connectivity index (χ1) is 10.5. The Balaban J connectivity index is 1.96. The molecule has 0 bridgehead atoms. The molecule has 122 valence electrons. The Morgan fingerprint density at radius 1 is 1.45 bits per heavy atom. The smallest absolute Gasteiger partial charge is 0.318 e. The first-order valence-electron chi connectivity index (χ1n) is 7.80. The highest BCUT2D eigenvalue weighted by Gasteiger charge is 2.32. The molecule has 0 aromatic carbocycles. The molecule has 1 aliphatic heterocycles. The molecule has 2 unspecified atom stereocenters. The van der Waals surface area contributed by atoms with Crippen molar-refractivity contribution in [2.45, 2.75) is 45.6 Å². The summed E-state index contributed by atoms with van der Waals surface area (Å²) in [7, 11) is 0. The summed E-state index contributed by atoms with van der Waals surface area (Å²) in [6, 6.07) is 3.66. The molecule has 6 nitrogen and oxygen atoms in total. The van der Waals surface area contributed by atoms with Gasteiger partial charge in [0.15, 0.2) is 0 Å². The lowest BCUT2D eigenvalue weighted by molar-refractivity contribution is -0.137. The minimum atomic E-state index is -0.843. The number of furan rings is 1. The number of aliphatic carboxylic acids is 1. The summed E-state index contributed by atoms with van der Waals surface area (Å²) in [6.45, 7) is 5.15. The Morgan fingerprint density at radius 3 is 2.86 bits per heavy atom. The van der Waals surface area contributed by atoms with Gasteiger partial charge in [0.1, 0.15) is 11.5 Å². The number of nitrogens with zero attached hydrogens (tertiary/aromatic N) is 1. The number of aryl methyl sites for hydroxylation is 1. The third-order valence-corrected chi connectivity index (χ3v) is 4.06. The van der Waals surface area contributed by atoms with Crippen LogP contribution in [0, 0.1) is 12.8 Å². The van der Waals surface area contributed by atoms with Crippen molar-refractivity contribution in [2.75, 3.05) is 13.1 Å². The fraction of sp³-hybridized carbons (Fsp3) is 0.625. The lowest BCUT2D eigenvalue weighted by atomic mass is 9.91. The minimum absolute atomic E-state index is 0.0445. The molecule has 0 radical (unpaired) electrons. The lowest BCUT2D eigenvalue weighted by Crippen LogP contribution is -2.46. The molecule has 1 aromatic rings. The molecule has 2 heterocycles. The van der Waals surface area contributed by atoms with Gasteiger partial charge in [-0.05, 0) is 44.2 Å². The zero-order valence-electron chi connectivity index (χ0n) is 13.2. The molecular formula is C16H24N2O4. The molecule has 1 aromatic heterocycles. The van der Waals surface area contributed by atoms with Gasteiger partial charge in [-0.2, -0.15) is 0 Å². The minimum Gasteiger partial charge on any atom is -0.481 e. The molecule has 0 spiro atoms. The number of amides is 2. The molecule has 1 fully saturated rings. The van der Waals surface area contributed by atoms with Crippen LogP contribution in [0.1, 0.15) is 50.2 Å². The molecule has 22 heavy (non-hydrogen) atoms. The van der Waals surface area contributed by atoms with E-state index in [1.807, 2.05) is 19.1 Å². The quantitative estimate of drug-likeness (QED) is 0.819. The van der Waals surface area contributed by atoms with Crippen molar-refractivity contribution >= 4 is 12.0 Å². The summed E-state index contributed by atoms with van der Waals surface area (Å²) < 4.78 is 5.71. The van der Waals surface area contributed by atoms with Crippen LogP contribution in [0.3, 0.4) is 0 Å². The van der Waals surface area contributed by atoms with E-state index in [1.165, 1.54) is 0 Å². The number of likely N-dealkylation sites (tertiary alicyclic amines) is 1. The van der Waals surface area contributed by atoms with Crippen molar-refractivity contribution in [1.82, 2.24) is 10.2 Å². The number of nitrogens with one attached hydrogen (secondary N) is 1. The largest absolute Gasteiger partial charge is 0.481 e. The average molecular weight is 308 g/mol. The van der Waals surface area contributed by atoms with Crippen molar-refractivity contribution in [3.8, 4) is 0 Å². The number of carbonyl (C=O) groups is 2. The Hall–Kier alpha value is -1.98. The summed E-state index contributed by atoms with van der Waals surface area (Å²) in [5.41, 5.74) is 0. The zero-order valence-corrected chi connectivity index (χ0v) is 13.2. The van der Waals surface area contributed by atoms with E-state index in [9.17, 15) is 9.59 Å². The van der Waals surface area contributed by atoms with Gasteiger partial charge in [0.25, 0.3) is 0 Å². The van der Waals surface area contributed by atoms with E-state index >= 15 is 0 Å². The standard InChI is InChI=1S/C16H24N2O4/c1-11-7-9-18(16(21)17-8-3-4-15(19)20)13(10-11)14-6-5-12(2)22-14/h5-6,11,13H,3-4,7-10H2,1-2H3,(H,17,21)(H,19,20). The van der Waals surface area contributed by atoms with E-state index in [0.29, 0.717) is 25.4 Å². The van der Waals surface area contributed by atoms with Gasteiger partial charge in [-0.3, -0.25) is 4.79 Å². The molecule has 2 atom stereocenters. The van der Waals surface area contributed by atoms with Crippen molar-refractivity contribution in [1.29, 1.82) is 0 Å². The SMILES string of the molecule is Cc1ccc(C2CC(C)CCN2C(=O)NCCCC(=O)O)o1. The zero-order chi connectivity index (χ0) is 16.1. The van der Waals surface area contributed by atoms with Crippen LogP contribution in [0.5, 0.6) is 0 Å². The number of carbonyl (C=O) groups excluding carboxylic acids is 1. The fourth-order valence-corrected chi connectivity index (χ4v) is 2.82. The van der Waals surface area contributed by atoms with Gasteiger partial charge in [-0.25, -0.2) is 4.79 Å². The number of rotatable bonds is 5. The molecule has 6 heteroatoms. The first-order valence-corrected chi connectivity index (χ1v) is 7.80. The number of urea groups is 1. The molecular weight excluding hydrogens is 284 g/mol. The maximum atomic E-state index is 12.4. The van der Waals surface area contributed by atoms with Crippen molar-refractivity contribution in [3.63, 3.8) is 0 Å². The van der Waals surface area contributed by atoms with E-state index in [-0.39, 0.29) is 18.5 Å². The van der Waals surface area contributed by atoms with E-state index < -0.39 is 5.97 Å². The van der Waals surface area contributed by atoms with Gasteiger partial charge >= 0.3 is 12.0 Å². The summed E-state index contributed by atoms with van der Waals surface area (Å²) in [5, 5.41) is 11.4. The van der Waals surface area contributed by atoms with Gasteiger partial charge < -0.3 is 19.7 Å². The maximum absolute atomic E-state index is 12.4. The van der Waals surface area contributed by atoms with Crippen LogP contribution in [-0.4, -0.2) is 35.1 Å². The predicted octanol–water partition coefficient (Wildman–Crippen LogP) is 2.94. The highest BCUT2D eigenvalue weighted by molar-refractivity contribution is 5.75. The van der Waals surface area contributed by atoms with Gasteiger partial charge in [0, 0.05) is 19.5 Å². The second-order valence-corrected chi connectivity index (χ2v) is 6.02. The van der Waals surface area contributed by atoms with Gasteiger partial charge in [-0.15, -0.1) is 0 Å². The van der Waals surface area contributed by atoms with Crippen LogP contribution in [0.4, 0.5) is 4.79 Å². The first kappa shape index (κ1) is 16.4. The molecule has 1 aliphatic rings. The van der Waals surface area contributed by atoms with Crippen molar-refractivity contribution in [2.24, 2.45) is 5.92 Å². The Labute approximate surface area is 130 Å². The van der Waals surface area contributed by atoms with Gasteiger partial charge in [-0.1, -0.05) is 6.92 Å². The van der Waals surface area contributed by atoms with Crippen LogP contribution in [-0.2, 0) is 4.79 Å². The number of carboxylic acids is 1. The summed E-state index contributed by atoms with van der Waals surface area (Å²) in [6.07, 6.45) is 2.36. The second-order valence-electron chi connectivity index (χ2n) is 6.02. The summed E-state index contributed by atoms with van der Waals surface area (Å²) >= 11 is 0. The van der Waals surface area contributed by atoms with Crippen molar-refractivity contribution in [3.05, 3.63) is 23.7 Å². The third-order valence-electron chi connectivity index (χ3n) is 4.06. The molecule has 0 aliphatic carbocycles. The predicted molar refractivity (Wildman–Crippen MR) is 81.6 cm³/mol. The van der Waals surface area contributed by atoms with Gasteiger partial charge in [0.05, 0.1) is 6.04 Å². The summed E-state index contributed by atoms with van der Waals surface area (Å²) in [4.78, 5) is 24.7. The maximum Gasteiger partial charge on any atom is 0.318 e. The number of hydrogen-bond acceptors (Lipinski definition) is 3. The topological polar surface area (TPSA) is 82.8 Å². The van der Waals surface area contributed by atoms with Crippen LogP contribution < -0.4 is 5.32 Å². The summed E-state index contributed by atoms with van der Waals surface area (Å²) in [5.74, 6) is 1.37. The van der Waals surface area contributed by atoms with Crippen LogP contribution >= 0.6 is 0 Å². The molecule has 2 N–H and O–H groups in total. The molecule has 2 amide bonds. The number of carboxylic acid groups (broad SMARTS) is 1. The Bertz CT molecular complexity index is 526. The van der Waals surface area contributed by atoms with E-state index in [1.54, 1.807) is 4.90 Å². The van der Waals surface area contributed by atoms with Crippen LogP contribution in [0.2, 0.25) is 0 Å². The second kappa shape index (κ2) is 7.33. The van der Waals surface area contributed by atoms with E-state index in [0.717, 1.165) is 24.4 Å². The lowest BCUT2D eigenvalue weighted by Gasteiger charge is -2.37. The molecule has 0 saturated carbocycles. The van der Waals surface area contributed by atoms with Crippen LogP contribution in [0.25, 0.3) is 0 Å². The Kier molecular flexibility index (Phi) is 5.46. The average Bonchev–Trinajstić information content (AvgIpc) is 2.89. The number of piperidine rings is 1. The fourth-order valence-electron chi connectivity index (χ4n) is 2.82. The normalized spacial score (nSPS) is 21.6. The highest BCUT2D eigenvalue weighted by atomic mass is 16.4. The number of hydrogen-bond donors (Lipinski definition) is 2. The Morgan fingerprint density at radius 2 is 2.23 bits per heavy atom. The van der Waals surface area contributed by atoms with Gasteiger partial charge in [0.2, 0.25) is 0 Å². The van der Waals surface area contributed by atoms with Crippen molar-refractivity contribution < 1.29 is 19.1 Å². The van der Waals surface area contributed by atoms with Crippen LogP contribution in [0.15, 0.2) is 16.5 Å². The highest BCUT2D eigenvalue weighted by Crippen LogP contribution is 2.34. The monoisotopic (exact) mass is 308 g/mol. The van der Waals surface area contributed by atoms with E-state index in [2.05, 4.69) is 12.2 Å². The molecule has 1 saturated heterocycles. The third kappa shape index (κ3) is 4.26. The van der Waals surface area contributed by atoms with E-state index in [4.69, 9.17) is 9.52 Å².